The standard InChI is InChI=1S/C13H24N2O2/c1-13(6-2-3-7-15-13)12(16)14-8-9-17-10-11-4-5-11/h11,15H,2-10H2,1H3,(H,14,16). The summed E-state index contributed by atoms with van der Waals surface area (Å²) in [6, 6.07) is 0. The third-order valence-corrected chi connectivity index (χ3v) is 3.70. The molecule has 1 unspecified atom stereocenters. The lowest BCUT2D eigenvalue weighted by molar-refractivity contribution is -0.128. The predicted molar refractivity (Wildman–Crippen MR) is 66.8 cm³/mol. The average Bonchev–Trinajstić information content (AvgIpc) is 3.13. The molecule has 0 aromatic rings. The SMILES string of the molecule is CC1(C(=O)NCCOCC2CC2)CCCCN1. The van der Waals surface area contributed by atoms with Gasteiger partial charge in [0.05, 0.1) is 12.1 Å². The van der Waals surface area contributed by atoms with Crippen LogP contribution >= 0.6 is 0 Å². The van der Waals surface area contributed by atoms with Crippen LogP contribution in [0.4, 0.5) is 0 Å². The van der Waals surface area contributed by atoms with E-state index in [1.54, 1.807) is 0 Å². The van der Waals surface area contributed by atoms with Crippen LogP contribution in [0.15, 0.2) is 0 Å². The normalized spacial score (nSPS) is 29.0. The van der Waals surface area contributed by atoms with Crippen molar-refractivity contribution in [3.05, 3.63) is 0 Å². The van der Waals surface area contributed by atoms with Gasteiger partial charge in [0.1, 0.15) is 0 Å². The molecule has 0 aromatic carbocycles. The first-order chi connectivity index (χ1) is 8.21. The first-order valence-corrected chi connectivity index (χ1v) is 6.82. The van der Waals surface area contributed by atoms with Gasteiger partial charge >= 0.3 is 0 Å². The van der Waals surface area contributed by atoms with Gasteiger partial charge in [0.15, 0.2) is 0 Å². The number of carbonyl (C=O) groups excluding carboxylic acids is 1. The number of rotatable bonds is 6. The van der Waals surface area contributed by atoms with E-state index in [9.17, 15) is 4.79 Å². The molecule has 2 N–H and O–H groups in total. The Morgan fingerprint density at radius 1 is 1.47 bits per heavy atom. The van der Waals surface area contributed by atoms with Crippen LogP contribution in [0.25, 0.3) is 0 Å². The predicted octanol–water partition coefficient (Wildman–Crippen LogP) is 1.06. The molecule has 4 nitrogen and oxygen atoms in total. The molecule has 0 radical (unpaired) electrons. The van der Waals surface area contributed by atoms with Crippen molar-refractivity contribution in [1.82, 2.24) is 10.6 Å². The first-order valence-electron chi connectivity index (χ1n) is 6.82. The van der Waals surface area contributed by atoms with Crippen LogP contribution in [0.5, 0.6) is 0 Å². The van der Waals surface area contributed by atoms with Crippen LogP contribution in [0.3, 0.4) is 0 Å². The Bertz CT molecular complexity index is 258. The van der Waals surface area contributed by atoms with Crippen molar-refractivity contribution < 1.29 is 9.53 Å². The van der Waals surface area contributed by atoms with Gasteiger partial charge in [-0.15, -0.1) is 0 Å². The molecule has 0 bridgehead atoms. The van der Waals surface area contributed by atoms with Crippen LogP contribution in [0.1, 0.15) is 39.0 Å². The maximum Gasteiger partial charge on any atom is 0.240 e. The molecule has 2 aliphatic rings. The van der Waals surface area contributed by atoms with E-state index in [0.717, 1.165) is 31.9 Å². The third-order valence-electron chi connectivity index (χ3n) is 3.70. The molecule has 1 aliphatic carbocycles. The van der Waals surface area contributed by atoms with Gasteiger partial charge in [-0.3, -0.25) is 4.79 Å². The van der Waals surface area contributed by atoms with Gasteiger partial charge in [0.2, 0.25) is 5.91 Å². The van der Waals surface area contributed by atoms with E-state index in [1.807, 2.05) is 6.92 Å². The number of piperidine rings is 1. The highest BCUT2D eigenvalue weighted by molar-refractivity contribution is 5.85. The van der Waals surface area contributed by atoms with E-state index in [0.29, 0.717) is 13.2 Å². The monoisotopic (exact) mass is 240 g/mol. The quantitative estimate of drug-likeness (QED) is 0.683. The van der Waals surface area contributed by atoms with Crippen LogP contribution in [-0.2, 0) is 9.53 Å². The van der Waals surface area contributed by atoms with Crippen molar-refractivity contribution in [3.8, 4) is 0 Å². The largest absolute Gasteiger partial charge is 0.379 e. The van der Waals surface area contributed by atoms with Gasteiger partial charge in [-0.1, -0.05) is 0 Å². The summed E-state index contributed by atoms with van der Waals surface area (Å²) in [7, 11) is 0. The molecular weight excluding hydrogens is 216 g/mol. The topological polar surface area (TPSA) is 50.4 Å². The van der Waals surface area contributed by atoms with E-state index in [-0.39, 0.29) is 11.4 Å². The molecule has 98 valence electrons. The molecule has 1 atom stereocenters. The van der Waals surface area contributed by atoms with E-state index < -0.39 is 0 Å². The molecular formula is C13H24N2O2. The number of amides is 1. The second kappa shape index (κ2) is 5.83. The van der Waals surface area contributed by atoms with Gasteiger partial charge in [0.25, 0.3) is 0 Å². The molecule has 1 aliphatic heterocycles. The number of hydrogen-bond acceptors (Lipinski definition) is 3. The molecule has 0 spiro atoms. The number of ether oxygens (including phenoxy) is 1. The fourth-order valence-electron chi connectivity index (χ4n) is 2.22. The lowest BCUT2D eigenvalue weighted by atomic mass is 9.90. The van der Waals surface area contributed by atoms with Crippen LogP contribution in [-0.4, -0.2) is 37.7 Å². The highest BCUT2D eigenvalue weighted by Crippen LogP contribution is 2.28. The van der Waals surface area contributed by atoms with Crippen LogP contribution in [0, 0.1) is 5.92 Å². The number of hydrogen-bond donors (Lipinski definition) is 2. The summed E-state index contributed by atoms with van der Waals surface area (Å²) in [6.07, 6.45) is 5.87. The zero-order chi connectivity index (χ0) is 12.1. The van der Waals surface area contributed by atoms with Crippen molar-refractivity contribution in [1.29, 1.82) is 0 Å². The fraction of sp³-hybridized carbons (Fsp3) is 0.923. The maximum absolute atomic E-state index is 12.0. The van der Waals surface area contributed by atoms with E-state index in [1.165, 1.54) is 19.3 Å². The number of nitrogens with one attached hydrogen (secondary N) is 2. The summed E-state index contributed by atoms with van der Waals surface area (Å²) in [6.45, 7) is 5.07. The van der Waals surface area contributed by atoms with Crippen molar-refractivity contribution in [3.63, 3.8) is 0 Å². The maximum atomic E-state index is 12.0. The molecule has 2 rings (SSSR count). The van der Waals surface area contributed by atoms with Crippen LogP contribution < -0.4 is 10.6 Å². The molecule has 17 heavy (non-hydrogen) atoms. The Morgan fingerprint density at radius 3 is 2.94 bits per heavy atom. The molecule has 1 saturated carbocycles. The summed E-state index contributed by atoms with van der Waals surface area (Å²) in [5.74, 6) is 0.912. The Balaban J connectivity index is 1.58. The Morgan fingerprint density at radius 2 is 2.29 bits per heavy atom. The second-order valence-electron chi connectivity index (χ2n) is 5.49. The number of carbonyl (C=O) groups is 1. The third kappa shape index (κ3) is 3.96. The smallest absolute Gasteiger partial charge is 0.240 e. The molecule has 1 heterocycles. The molecule has 2 fully saturated rings. The fourth-order valence-corrected chi connectivity index (χ4v) is 2.22. The first kappa shape index (κ1) is 12.8. The Hall–Kier alpha value is -0.610. The van der Waals surface area contributed by atoms with E-state index in [2.05, 4.69) is 10.6 Å². The van der Waals surface area contributed by atoms with E-state index >= 15 is 0 Å². The van der Waals surface area contributed by atoms with Crippen molar-refractivity contribution in [2.24, 2.45) is 5.92 Å². The zero-order valence-corrected chi connectivity index (χ0v) is 10.8. The van der Waals surface area contributed by atoms with E-state index in [4.69, 9.17) is 4.74 Å². The lowest BCUT2D eigenvalue weighted by Crippen LogP contribution is -2.57. The zero-order valence-electron chi connectivity index (χ0n) is 10.8. The van der Waals surface area contributed by atoms with Crippen molar-refractivity contribution >= 4 is 5.91 Å². The van der Waals surface area contributed by atoms with Crippen LogP contribution in [0.2, 0.25) is 0 Å². The van der Waals surface area contributed by atoms with Gasteiger partial charge in [-0.05, 0) is 51.5 Å². The molecule has 1 amide bonds. The Kier molecular flexibility index (Phi) is 4.40. The van der Waals surface area contributed by atoms with Crippen molar-refractivity contribution in [2.45, 2.75) is 44.6 Å². The van der Waals surface area contributed by atoms with Gasteiger partial charge in [0, 0.05) is 13.2 Å². The summed E-state index contributed by atoms with van der Waals surface area (Å²) in [5, 5.41) is 6.27. The van der Waals surface area contributed by atoms with Gasteiger partial charge in [-0.25, -0.2) is 0 Å². The lowest BCUT2D eigenvalue weighted by Gasteiger charge is -2.33. The summed E-state index contributed by atoms with van der Waals surface area (Å²) in [4.78, 5) is 12.0. The highest BCUT2D eigenvalue weighted by Gasteiger charge is 2.33. The minimum absolute atomic E-state index is 0.118. The minimum Gasteiger partial charge on any atom is -0.379 e. The second-order valence-corrected chi connectivity index (χ2v) is 5.49. The van der Waals surface area contributed by atoms with Crippen molar-refractivity contribution in [2.75, 3.05) is 26.3 Å². The molecule has 1 saturated heterocycles. The minimum atomic E-state index is -0.366. The van der Waals surface area contributed by atoms with Gasteiger partial charge in [-0.2, -0.15) is 0 Å². The Labute approximate surface area is 103 Å². The highest BCUT2D eigenvalue weighted by atomic mass is 16.5. The molecule has 4 heteroatoms. The summed E-state index contributed by atoms with van der Waals surface area (Å²) < 4.78 is 5.49. The molecule has 0 aromatic heterocycles. The summed E-state index contributed by atoms with van der Waals surface area (Å²) >= 11 is 0. The summed E-state index contributed by atoms with van der Waals surface area (Å²) in [5.41, 5.74) is -0.366. The average molecular weight is 240 g/mol. The van der Waals surface area contributed by atoms with Gasteiger partial charge < -0.3 is 15.4 Å².